The summed E-state index contributed by atoms with van der Waals surface area (Å²) in [4.78, 5) is 12.1. The molecule has 0 fully saturated rings. The number of carbonyl (C=O) groups is 1. The van der Waals surface area contributed by atoms with E-state index >= 15 is 0 Å². The van der Waals surface area contributed by atoms with E-state index in [-0.39, 0.29) is 17.1 Å². The zero-order valence-corrected chi connectivity index (χ0v) is 12.6. The van der Waals surface area contributed by atoms with Gasteiger partial charge in [-0.1, -0.05) is 0 Å². The van der Waals surface area contributed by atoms with Crippen LogP contribution < -0.4 is 9.47 Å². The molecule has 0 amide bonds. The molecule has 24 heavy (non-hydrogen) atoms. The van der Waals surface area contributed by atoms with E-state index in [0.29, 0.717) is 12.2 Å². The molecule has 0 radical (unpaired) electrons. The van der Waals surface area contributed by atoms with Gasteiger partial charge in [0.2, 0.25) is 0 Å². The lowest BCUT2D eigenvalue weighted by Gasteiger charge is -2.11. The predicted octanol–water partition coefficient (Wildman–Crippen LogP) is 4.19. The van der Waals surface area contributed by atoms with Gasteiger partial charge in [-0.15, -0.1) is 0 Å². The molecule has 0 unspecified atom stereocenters. The van der Waals surface area contributed by atoms with E-state index < -0.39 is 17.7 Å². The number of halogens is 3. The van der Waals surface area contributed by atoms with E-state index in [1.54, 1.807) is 6.92 Å². The monoisotopic (exact) mass is 335 g/mol. The molecule has 0 aliphatic rings. The molecule has 2 rings (SSSR count). The van der Waals surface area contributed by atoms with Crippen LogP contribution in [0, 0.1) is 11.3 Å². The van der Waals surface area contributed by atoms with Crippen molar-refractivity contribution in [2.24, 2.45) is 0 Å². The summed E-state index contributed by atoms with van der Waals surface area (Å²) < 4.78 is 48.0. The first kappa shape index (κ1) is 17.3. The maximum atomic E-state index is 12.5. The topological polar surface area (TPSA) is 59.3 Å². The molecule has 7 heteroatoms. The maximum absolute atomic E-state index is 12.5. The molecule has 0 saturated heterocycles. The second kappa shape index (κ2) is 7.04. The lowest BCUT2D eigenvalue weighted by Crippen LogP contribution is -2.11. The average Bonchev–Trinajstić information content (AvgIpc) is 2.56. The number of alkyl halides is 3. The highest BCUT2D eigenvalue weighted by molar-refractivity contribution is 5.91. The molecule has 0 spiro atoms. The van der Waals surface area contributed by atoms with Gasteiger partial charge in [0.15, 0.2) is 11.5 Å². The number of rotatable bonds is 4. The zero-order chi connectivity index (χ0) is 17.7. The largest absolute Gasteiger partial charge is 0.490 e. The van der Waals surface area contributed by atoms with E-state index in [2.05, 4.69) is 0 Å². The van der Waals surface area contributed by atoms with Crippen LogP contribution in [0.15, 0.2) is 42.5 Å². The summed E-state index contributed by atoms with van der Waals surface area (Å²) >= 11 is 0. The van der Waals surface area contributed by atoms with E-state index in [0.717, 1.165) is 24.3 Å². The molecule has 4 nitrogen and oxygen atoms in total. The first-order valence-electron chi connectivity index (χ1n) is 6.91. The average molecular weight is 335 g/mol. The molecule has 0 aliphatic carbocycles. The van der Waals surface area contributed by atoms with Crippen LogP contribution in [0.1, 0.15) is 28.4 Å². The Morgan fingerprint density at radius 3 is 2.33 bits per heavy atom. The van der Waals surface area contributed by atoms with Crippen molar-refractivity contribution < 1.29 is 27.4 Å². The maximum Gasteiger partial charge on any atom is 0.416 e. The summed E-state index contributed by atoms with van der Waals surface area (Å²) in [6.45, 7) is 2.01. The van der Waals surface area contributed by atoms with Gasteiger partial charge in [0.05, 0.1) is 29.4 Å². The van der Waals surface area contributed by atoms with Crippen LogP contribution in [0.25, 0.3) is 0 Å². The minimum absolute atomic E-state index is 0.0326. The van der Waals surface area contributed by atoms with E-state index in [4.69, 9.17) is 14.7 Å². The molecular weight excluding hydrogens is 323 g/mol. The molecule has 0 aromatic heterocycles. The summed E-state index contributed by atoms with van der Waals surface area (Å²) in [5.74, 6) is -0.535. The number of carbonyl (C=O) groups excluding carboxylic acids is 1. The number of nitrogens with zero attached hydrogens (tertiary/aromatic N) is 1. The normalized spacial score (nSPS) is 10.8. The first-order chi connectivity index (χ1) is 11.3. The molecule has 0 saturated carbocycles. The van der Waals surface area contributed by atoms with Crippen molar-refractivity contribution in [1.82, 2.24) is 0 Å². The molecular formula is C17H12F3NO3. The van der Waals surface area contributed by atoms with Crippen LogP contribution in [0.3, 0.4) is 0 Å². The van der Waals surface area contributed by atoms with Gasteiger partial charge in [-0.2, -0.15) is 18.4 Å². The van der Waals surface area contributed by atoms with Crippen LogP contribution in [0.4, 0.5) is 13.2 Å². The summed E-state index contributed by atoms with van der Waals surface area (Å²) in [7, 11) is 0. The fourth-order valence-corrected chi connectivity index (χ4v) is 1.88. The summed E-state index contributed by atoms with van der Waals surface area (Å²) in [5.41, 5.74) is -0.560. The molecule has 0 heterocycles. The van der Waals surface area contributed by atoms with Crippen molar-refractivity contribution in [3.05, 3.63) is 59.2 Å². The van der Waals surface area contributed by atoms with Gasteiger partial charge in [-0.05, 0) is 43.3 Å². The third kappa shape index (κ3) is 4.04. The van der Waals surface area contributed by atoms with Crippen molar-refractivity contribution in [1.29, 1.82) is 5.26 Å². The van der Waals surface area contributed by atoms with Crippen molar-refractivity contribution >= 4 is 5.97 Å². The molecule has 2 aromatic rings. The quantitative estimate of drug-likeness (QED) is 0.621. The third-order valence-corrected chi connectivity index (χ3v) is 3.02. The third-order valence-electron chi connectivity index (χ3n) is 3.02. The summed E-state index contributed by atoms with van der Waals surface area (Å²) in [5, 5.41) is 8.87. The summed E-state index contributed by atoms with van der Waals surface area (Å²) in [6.07, 6.45) is -4.47. The van der Waals surface area contributed by atoms with Gasteiger partial charge in [0.25, 0.3) is 0 Å². The standard InChI is InChI=1S/C17H12F3NO3/c1-2-23-15-9-11(10-21)3-8-14(15)24-16(22)12-4-6-13(7-5-12)17(18,19)20/h3-9H,2H2,1H3. The highest BCUT2D eigenvalue weighted by Crippen LogP contribution is 2.31. The molecule has 0 bridgehead atoms. The fraction of sp³-hybridized carbons (Fsp3) is 0.176. The van der Waals surface area contributed by atoms with E-state index in [9.17, 15) is 18.0 Å². The number of hydrogen-bond acceptors (Lipinski definition) is 4. The highest BCUT2D eigenvalue weighted by atomic mass is 19.4. The molecule has 2 aromatic carbocycles. The second-order valence-corrected chi connectivity index (χ2v) is 4.67. The Balaban J connectivity index is 2.22. The highest BCUT2D eigenvalue weighted by Gasteiger charge is 2.30. The number of benzene rings is 2. The van der Waals surface area contributed by atoms with Crippen molar-refractivity contribution in [2.45, 2.75) is 13.1 Å². The summed E-state index contributed by atoms with van der Waals surface area (Å²) in [6, 6.07) is 9.87. The Bertz CT molecular complexity index is 777. The SMILES string of the molecule is CCOc1cc(C#N)ccc1OC(=O)c1ccc(C(F)(F)F)cc1. The number of ether oxygens (including phenoxy) is 2. The van der Waals surface area contributed by atoms with E-state index in [1.807, 2.05) is 6.07 Å². The predicted molar refractivity (Wildman–Crippen MR) is 78.7 cm³/mol. The van der Waals surface area contributed by atoms with Crippen LogP contribution >= 0.6 is 0 Å². The first-order valence-corrected chi connectivity index (χ1v) is 6.91. The van der Waals surface area contributed by atoms with Crippen LogP contribution in [0.2, 0.25) is 0 Å². The molecule has 124 valence electrons. The zero-order valence-electron chi connectivity index (χ0n) is 12.6. The van der Waals surface area contributed by atoms with Crippen LogP contribution in [0.5, 0.6) is 11.5 Å². The lowest BCUT2D eigenvalue weighted by atomic mass is 10.1. The van der Waals surface area contributed by atoms with E-state index in [1.165, 1.54) is 18.2 Å². The molecule has 0 aliphatic heterocycles. The minimum Gasteiger partial charge on any atom is -0.490 e. The smallest absolute Gasteiger partial charge is 0.416 e. The number of nitriles is 1. The van der Waals surface area contributed by atoms with Crippen molar-refractivity contribution in [3.63, 3.8) is 0 Å². The van der Waals surface area contributed by atoms with Crippen molar-refractivity contribution in [2.75, 3.05) is 6.61 Å². The minimum atomic E-state index is -4.47. The second-order valence-electron chi connectivity index (χ2n) is 4.67. The van der Waals surface area contributed by atoms with Gasteiger partial charge in [0.1, 0.15) is 0 Å². The van der Waals surface area contributed by atoms with Gasteiger partial charge >= 0.3 is 12.1 Å². The van der Waals surface area contributed by atoms with Crippen LogP contribution in [-0.2, 0) is 6.18 Å². The fourth-order valence-electron chi connectivity index (χ4n) is 1.88. The van der Waals surface area contributed by atoms with Gasteiger partial charge < -0.3 is 9.47 Å². The molecule has 0 N–H and O–H groups in total. The Morgan fingerprint density at radius 1 is 1.12 bits per heavy atom. The van der Waals surface area contributed by atoms with Crippen LogP contribution in [-0.4, -0.2) is 12.6 Å². The van der Waals surface area contributed by atoms with Gasteiger partial charge in [-0.3, -0.25) is 0 Å². The van der Waals surface area contributed by atoms with Crippen molar-refractivity contribution in [3.8, 4) is 17.6 Å². The Hall–Kier alpha value is -3.01. The lowest BCUT2D eigenvalue weighted by molar-refractivity contribution is -0.137. The number of hydrogen-bond donors (Lipinski definition) is 0. The Labute approximate surface area is 136 Å². The van der Waals surface area contributed by atoms with Gasteiger partial charge in [-0.25, -0.2) is 4.79 Å². The van der Waals surface area contributed by atoms with Gasteiger partial charge in [0, 0.05) is 6.07 Å². The Morgan fingerprint density at radius 2 is 1.79 bits per heavy atom. The Kier molecular flexibility index (Phi) is 5.09. The molecule has 0 atom stereocenters. The number of esters is 1.